The van der Waals surface area contributed by atoms with Crippen LogP contribution in [0.3, 0.4) is 0 Å². The van der Waals surface area contributed by atoms with Gasteiger partial charge in [0.15, 0.2) is 0 Å². The second kappa shape index (κ2) is 9.15. The molecule has 0 bridgehead atoms. The van der Waals surface area contributed by atoms with Crippen LogP contribution in [0.2, 0.25) is 0 Å². The number of hydrogen-bond donors (Lipinski definition) is 1. The predicted octanol–water partition coefficient (Wildman–Crippen LogP) is 3.58. The number of carbonyl (C=O) groups is 3. The fraction of sp³-hybridized carbons (Fsp3) is 0.125. The number of fused-ring (bicyclic) bond motifs is 1. The van der Waals surface area contributed by atoms with Gasteiger partial charge in [-0.2, -0.15) is 0 Å². The Morgan fingerprint density at radius 3 is 2.00 bits per heavy atom. The van der Waals surface area contributed by atoms with E-state index in [2.05, 4.69) is 0 Å². The van der Waals surface area contributed by atoms with Gasteiger partial charge in [-0.05, 0) is 59.2 Å². The zero-order valence-electron chi connectivity index (χ0n) is 16.7. The molecule has 30 heavy (non-hydrogen) atoms. The minimum absolute atomic E-state index is 0.108. The minimum Gasteiger partial charge on any atom is -0.497 e. The quantitative estimate of drug-likeness (QED) is 0.520. The smallest absolute Gasteiger partial charge is 0.261 e. The average molecular weight is 403 g/mol. The summed E-state index contributed by atoms with van der Waals surface area (Å²) in [6.45, 7) is 0.108. The van der Waals surface area contributed by atoms with Crippen molar-refractivity contribution in [1.82, 2.24) is 4.90 Å². The van der Waals surface area contributed by atoms with Crippen LogP contribution in [-0.4, -0.2) is 42.3 Å². The van der Waals surface area contributed by atoms with Crippen molar-refractivity contribution >= 4 is 18.1 Å². The van der Waals surface area contributed by atoms with E-state index in [9.17, 15) is 14.4 Å². The molecular weight excluding hydrogens is 382 g/mol. The average Bonchev–Trinajstić information content (AvgIpc) is 3.05. The summed E-state index contributed by atoms with van der Waals surface area (Å²) in [7, 11) is 2.60. The Morgan fingerprint density at radius 1 is 0.867 bits per heavy atom. The third-order valence-corrected chi connectivity index (χ3v) is 4.79. The van der Waals surface area contributed by atoms with Crippen molar-refractivity contribution in [2.24, 2.45) is 0 Å². The number of imide groups is 1. The fourth-order valence-electron chi connectivity index (χ4n) is 3.39. The van der Waals surface area contributed by atoms with Gasteiger partial charge < -0.3 is 9.84 Å². The maximum atomic E-state index is 12.6. The summed E-state index contributed by atoms with van der Waals surface area (Å²) in [6, 6.07) is 19.6. The van der Waals surface area contributed by atoms with Gasteiger partial charge in [-0.3, -0.25) is 19.3 Å². The highest BCUT2D eigenvalue weighted by atomic mass is 16.5. The molecule has 3 aromatic carbocycles. The van der Waals surface area contributed by atoms with Gasteiger partial charge in [0.25, 0.3) is 11.8 Å². The zero-order chi connectivity index (χ0) is 21.7. The second-order valence-electron chi connectivity index (χ2n) is 6.55. The second-order valence-corrected chi connectivity index (χ2v) is 6.55. The molecule has 0 aromatic heterocycles. The number of rotatable bonds is 5. The normalized spacial score (nSPS) is 12.2. The number of amides is 2. The summed E-state index contributed by atoms with van der Waals surface area (Å²) in [6.07, 6.45) is 0.763. The van der Waals surface area contributed by atoms with Crippen molar-refractivity contribution in [3.8, 4) is 16.9 Å². The first kappa shape index (κ1) is 21.0. The van der Waals surface area contributed by atoms with Gasteiger partial charge in [-0.25, -0.2) is 0 Å². The summed E-state index contributed by atoms with van der Waals surface area (Å²) in [4.78, 5) is 37.9. The first-order chi connectivity index (χ1) is 14.6. The molecule has 6 nitrogen and oxygen atoms in total. The molecule has 0 aliphatic carbocycles. The molecule has 1 N–H and O–H groups in total. The van der Waals surface area contributed by atoms with E-state index < -0.39 is 0 Å². The third kappa shape index (κ3) is 3.99. The van der Waals surface area contributed by atoms with E-state index in [0.717, 1.165) is 30.3 Å². The highest BCUT2D eigenvalue weighted by Gasteiger charge is 2.35. The molecule has 0 saturated heterocycles. The molecule has 0 radical (unpaired) electrons. The molecule has 0 spiro atoms. The Hall–Kier alpha value is -3.77. The van der Waals surface area contributed by atoms with Crippen LogP contribution in [0.5, 0.6) is 5.75 Å². The number of aliphatic hydroxyl groups is 1. The van der Waals surface area contributed by atoms with Gasteiger partial charge in [0.05, 0.1) is 24.8 Å². The number of aliphatic hydroxyl groups excluding tert-OH is 1. The lowest BCUT2D eigenvalue weighted by molar-refractivity contribution is 0.0642. The van der Waals surface area contributed by atoms with Gasteiger partial charge in [-0.15, -0.1) is 0 Å². The van der Waals surface area contributed by atoms with Crippen LogP contribution in [0.25, 0.3) is 11.1 Å². The summed E-state index contributed by atoms with van der Waals surface area (Å²) >= 11 is 0. The SMILES string of the molecule is CO.COc1ccc(-c2cc(C=O)cc(CN3C(=O)c4ccccc4C3=O)c2)cc1. The van der Waals surface area contributed by atoms with E-state index in [1.807, 2.05) is 30.3 Å². The van der Waals surface area contributed by atoms with Crippen molar-refractivity contribution in [2.75, 3.05) is 14.2 Å². The van der Waals surface area contributed by atoms with Gasteiger partial charge in [-0.1, -0.05) is 24.3 Å². The first-order valence-corrected chi connectivity index (χ1v) is 9.24. The van der Waals surface area contributed by atoms with Crippen LogP contribution in [0.15, 0.2) is 66.7 Å². The fourth-order valence-corrected chi connectivity index (χ4v) is 3.39. The Morgan fingerprint density at radius 2 is 1.47 bits per heavy atom. The molecule has 6 heteroatoms. The van der Waals surface area contributed by atoms with Gasteiger partial charge >= 0.3 is 0 Å². The van der Waals surface area contributed by atoms with E-state index in [4.69, 9.17) is 9.84 Å². The van der Waals surface area contributed by atoms with Crippen LogP contribution in [0, 0.1) is 0 Å². The number of methoxy groups -OCH3 is 1. The highest BCUT2D eigenvalue weighted by Crippen LogP contribution is 2.28. The molecule has 0 saturated carbocycles. The molecule has 4 rings (SSSR count). The van der Waals surface area contributed by atoms with E-state index in [0.29, 0.717) is 22.3 Å². The predicted molar refractivity (Wildman–Crippen MR) is 113 cm³/mol. The Balaban J connectivity index is 0.00000124. The van der Waals surface area contributed by atoms with Crippen molar-refractivity contribution in [1.29, 1.82) is 0 Å². The molecule has 0 fully saturated rings. The highest BCUT2D eigenvalue weighted by molar-refractivity contribution is 6.21. The number of aldehydes is 1. The Bertz CT molecular complexity index is 1050. The topological polar surface area (TPSA) is 83.9 Å². The van der Waals surface area contributed by atoms with E-state index in [1.165, 1.54) is 4.90 Å². The summed E-state index contributed by atoms with van der Waals surface area (Å²) in [5.74, 6) is 0.104. The van der Waals surface area contributed by atoms with Gasteiger partial charge in [0.2, 0.25) is 0 Å². The molecule has 1 aliphatic rings. The molecule has 1 aliphatic heterocycles. The first-order valence-electron chi connectivity index (χ1n) is 9.24. The molecule has 0 unspecified atom stereocenters. The summed E-state index contributed by atoms with van der Waals surface area (Å²) in [5.41, 5.74) is 3.76. The minimum atomic E-state index is -0.317. The number of benzene rings is 3. The van der Waals surface area contributed by atoms with Crippen LogP contribution in [0.1, 0.15) is 36.6 Å². The lowest BCUT2D eigenvalue weighted by Crippen LogP contribution is -2.29. The van der Waals surface area contributed by atoms with Crippen molar-refractivity contribution < 1.29 is 24.2 Å². The number of hydrogen-bond acceptors (Lipinski definition) is 5. The number of nitrogens with zero attached hydrogens (tertiary/aromatic N) is 1. The van der Waals surface area contributed by atoms with Crippen LogP contribution in [0.4, 0.5) is 0 Å². The molecule has 2 amide bonds. The van der Waals surface area contributed by atoms with Gasteiger partial charge in [0.1, 0.15) is 12.0 Å². The maximum Gasteiger partial charge on any atom is 0.261 e. The third-order valence-electron chi connectivity index (χ3n) is 4.79. The molecule has 152 valence electrons. The summed E-state index contributed by atoms with van der Waals surface area (Å²) in [5, 5.41) is 7.00. The largest absolute Gasteiger partial charge is 0.497 e. The Labute approximate surface area is 174 Å². The number of carbonyl (C=O) groups excluding carboxylic acids is 3. The van der Waals surface area contributed by atoms with Crippen molar-refractivity contribution in [3.05, 3.63) is 89.0 Å². The monoisotopic (exact) mass is 403 g/mol. The van der Waals surface area contributed by atoms with Gasteiger partial charge in [0, 0.05) is 12.7 Å². The van der Waals surface area contributed by atoms with E-state index >= 15 is 0 Å². The Kier molecular flexibility index (Phi) is 6.39. The summed E-state index contributed by atoms with van der Waals surface area (Å²) < 4.78 is 5.18. The lowest BCUT2D eigenvalue weighted by atomic mass is 9.99. The molecular formula is C24H21NO5. The molecule has 3 aromatic rings. The molecule has 0 atom stereocenters. The maximum absolute atomic E-state index is 12.6. The number of ether oxygens (including phenoxy) is 1. The van der Waals surface area contributed by atoms with E-state index in [1.54, 1.807) is 43.5 Å². The molecule has 1 heterocycles. The van der Waals surface area contributed by atoms with Crippen LogP contribution in [-0.2, 0) is 6.54 Å². The standard InChI is InChI=1S/C23H17NO4.CH4O/c1-28-19-8-6-17(7-9-19)18-11-15(10-16(12-18)14-25)13-24-22(26)20-4-2-3-5-21(20)23(24)27;1-2/h2-12,14H,13H2,1H3;2H,1H3. The van der Waals surface area contributed by atoms with E-state index in [-0.39, 0.29) is 18.4 Å². The van der Waals surface area contributed by atoms with Crippen LogP contribution >= 0.6 is 0 Å². The van der Waals surface area contributed by atoms with Crippen LogP contribution < -0.4 is 4.74 Å². The zero-order valence-corrected chi connectivity index (χ0v) is 16.7. The lowest BCUT2D eigenvalue weighted by Gasteiger charge is -2.15. The van der Waals surface area contributed by atoms with Crippen molar-refractivity contribution in [2.45, 2.75) is 6.54 Å². The van der Waals surface area contributed by atoms with Crippen molar-refractivity contribution in [3.63, 3.8) is 0 Å².